The minimum Gasteiger partial charge on any atom is -0.497 e. The van der Waals surface area contributed by atoms with Gasteiger partial charge in [0.25, 0.3) is 0 Å². The molecule has 0 aliphatic rings. The summed E-state index contributed by atoms with van der Waals surface area (Å²) in [5.41, 5.74) is 1.78. The molecule has 1 aromatic carbocycles. The Kier molecular flexibility index (Phi) is 3.73. The van der Waals surface area contributed by atoms with Gasteiger partial charge in [0, 0.05) is 18.8 Å². The summed E-state index contributed by atoms with van der Waals surface area (Å²) in [6.45, 7) is 3.51. The average molecular weight is 190 g/mol. The number of aliphatic imine (C=N–C) groups is 1. The summed E-state index contributed by atoms with van der Waals surface area (Å²) in [5, 5.41) is 2.92. The summed E-state index contributed by atoms with van der Waals surface area (Å²) in [4.78, 5) is 3.92. The molecule has 1 N–H and O–H groups in total. The van der Waals surface area contributed by atoms with E-state index < -0.39 is 0 Å². The van der Waals surface area contributed by atoms with Gasteiger partial charge in [0.15, 0.2) is 0 Å². The summed E-state index contributed by atoms with van der Waals surface area (Å²) in [5.74, 6) is 0.813. The van der Waals surface area contributed by atoms with Gasteiger partial charge in [-0.25, -0.2) is 0 Å². The number of methoxy groups -OCH3 is 1. The van der Waals surface area contributed by atoms with E-state index in [2.05, 4.69) is 17.0 Å². The Bertz CT molecular complexity index is 345. The molecule has 0 heterocycles. The van der Waals surface area contributed by atoms with Crippen LogP contribution in [0, 0.1) is 0 Å². The van der Waals surface area contributed by atoms with Crippen molar-refractivity contribution in [1.82, 2.24) is 5.32 Å². The Morgan fingerprint density at radius 3 is 2.93 bits per heavy atom. The Labute approximate surface area is 84.1 Å². The molecule has 74 valence electrons. The summed E-state index contributed by atoms with van der Waals surface area (Å²) >= 11 is 0. The lowest BCUT2D eigenvalue weighted by molar-refractivity contribution is 0.414. The van der Waals surface area contributed by atoms with E-state index in [9.17, 15) is 0 Å². The predicted molar refractivity (Wildman–Crippen MR) is 59.6 cm³/mol. The molecule has 0 atom stereocenters. The van der Waals surface area contributed by atoms with Crippen molar-refractivity contribution >= 4 is 12.4 Å². The largest absolute Gasteiger partial charge is 0.497 e. The van der Waals surface area contributed by atoms with Crippen LogP contribution in [-0.2, 0) is 0 Å². The van der Waals surface area contributed by atoms with Crippen LogP contribution >= 0.6 is 0 Å². The first-order chi connectivity index (χ1) is 6.81. The van der Waals surface area contributed by atoms with E-state index >= 15 is 0 Å². The van der Waals surface area contributed by atoms with Gasteiger partial charge in [-0.3, -0.25) is 4.99 Å². The molecule has 0 radical (unpaired) electrons. The topological polar surface area (TPSA) is 33.6 Å². The molecule has 0 aliphatic carbocycles. The highest BCUT2D eigenvalue weighted by Gasteiger charge is 1.99. The number of nitrogens with zero attached hydrogens (tertiary/aromatic N) is 1. The van der Waals surface area contributed by atoms with E-state index in [1.807, 2.05) is 31.3 Å². The van der Waals surface area contributed by atoms with E-state index in [1.165, 1.54) is 0 Å². The van der Waals surface area contributed by atoms with Crippen molar-refractivity contribution in [2.24, 2.45) is 4.99 Å². The van der Waals surface area contributed by atoms with Gasteiger partial charge in [-0.15, -0.1) is 0 Å². The smallest absolute Gasteiger partial charge is 0.119 e. The van der Waals surface area contributed by atoms with Crippen molar-refractivity contribution in [3.8, 4) is 5.75 Å². The highest BCUT2D eigenvalue weighted by molar-refractivity contribution is 5.68. The standard InChI is InChI=1S/C11H14N2O/c1-12-8-11(13-2)9-5-4-6-10(7-9)14-3/h4-8,12H,2H2,1,3H3/b11-8-. The summed E-state index contributed by atoms with van der Waals surface area (Å²) in [6, 6.07) is 7.69. The van der Waals surface area contributed by atoms with E-state index in [4.69, 9.17) is 4.74 Å². The number of benzene rings is 1. The zero-order valence-corrected chi connectivity index (χ0v) is 8.45. The molecule has 0 saturated carbocycles. The maximum atomic E-state index is 5.12. The second-order valence-corrected chi connectivity index (χ2v) is 2.71. The fraction of sp³-hybridized carbons (Fsp3) is 0.182. The Balaban J connectivity index is 3.04. The lowest BCUT2D eigenvalue weighted by Gasteiger charge is -2.04. The maximum Gasteiger partial charge on any atom is 0.119 e. The first kappa shape index (κ1) is 10.3. The van der Waals surface area contributed by atoms with Crippen molar-refractivity contribution in [2.45, 2.75) is 0 Å². The fourth-order valence-corrected chi connectivity index (χ4v) is 1.14. The van der Waals surface area contributed by atoms with Gasteiger partial charge in [-0.2, -0.15) is 0 Å². The molecular weight excluding hydrogens is 176 g/mol. The molecule has 1 rings (SSSR count). The molecule has 0 saturated heterocycles. The number of rotatable bonds is 4. The third-order valence-electron chi connectivity index (χ3n) is 1.82. The van der Waals surface area contributed by atoms with Crippen molar-refractivity contribution in [1.29, 1.82) is 0 Å². The van der Waals surface area contributed by atoms with Crippen molar-refractivity contribution in [3.05, 3.63) is 36.0 Å². The van der Waals surface area contributed by atoms with Crippen LogP contribution in [0.4, 0.5) is 0 Å². The zero-order chi connectivity index (χ0) is 10.4. The van der Waals surface area contributed by atoms with Crippen LogP contribution in [0.5, 0.6) is 5.75 Å². The Hall–Kier alpha value is -1.77. The molecule has 14 heavy (non-hydrogen) atoms. The third kappa shape index (κ3) is 2.36. The van der Waals surface area contributed by atoms with Crippen molar-refractivity contribution < 1.29 is 4.74 Å². The number of hydrogen-bond donors (Lipinski definition) is 1. The summed E-state index contributed by atoms with van der Waals surface area (Å²) < 4.78 is 5.12. The normalized spacial score (nSPS) is 10.9. The summed E-state index contributed by atoms with van der Waals surface area (Å²) in [6.07, 6.45) is 1.79. The second kappa shape index (κ2) is 5.07. The van der Waals surface area contributed by atoms with Gasteiger partial charge in [0.1, 0.15) is 5.75 Å². The minimum atomic E-state index is 0.798. The monoisotopic (exact) mass is 190 g/mol. The Morgan fingerprint density at radius 2 is 2.36 bits per heavy atom. The van der Waals surface area contributed by atoms with E-state index in [0.29, 0.717) is 0 Å². The first-order valence-corrected chi connectivity index (χ1v) is 4.30. The number of hydrogen-bond acceptors (Lipinski definition) is 3. The highest BCUT2D eigenvalue weighted by Crippen LogP contribution is 2.19. The fourth-order valence-electron chi connectivity index (χ4n) is 1.14. The summed E-state index contributed by atoms with van der Waals surface area (Å²) in [7, 11) is 3.47. The highest BCUT2D eigenvalue weighted by atomic mass is 16.5. The van der Waals surface area contributed by atoms with Crippen LogP contribution in [0.2, 0.25) is 0 Å². The van der Waals surface area contributed by atoms with Crippen LogP contribution in [-0.4, -0.2) is 20.9 Å². The quantitative estimate of drug-likeness (QED) is 0.736. The average Bonchev–Trinajstić information content (AvgIpc) is 2.26. The van der Waals surface area contributed by atoms with Crippen LogP contribution < -0.4 is 10.1 Å². The van der Waals surface area contributed by atoms with Crippen molar-refractivity contribution in [3.63, 3.8) is 0 Å². The van der Waals surface area contributed by atoms with E-state index in [0.717, 1.165) is 17.0 Å². The van der Waals surface area contributed by atoms with Gasteiger partial charge in [-0.1, -0.05) is 12.1 Å². The zero-order valence-electron chi connectivity index (χ0n) is 8.45. The molecule has 0 bridgehead atoms. The lowest BCUT2D eigenvalue weighted by Crippen LogP contribution is -1.95. The lowest BCUT2D eigenvalue weighted by atomic mass is 10.1. The maximum absolute atomic E-state index is 5.12. The Morgan fingerprint density at radius 1 is 1.57 bits per heavy atom. The molecule has 1 aromatic rings. The van der Waals surface area contributed by atoms with Crippen LogP contribution in [0.15, 0.2) is 35.5 Å². The molecule has 3 heteroatoms. The van der Waals surface area contributed by atoms with Gasteiger partial charge in [0.2, 0.25) is 0 Å². The van der Waals surface area contributed by atoms with Gasteiger partial charge in [0.05, 0.1) is 12.8 Å². The molecule has 0 aliphatic heterocycles. The molecule has 0 fully saturated rings. The molecule has 0 unspecified atom stereocenters. The third-order valence-corrected chi connectivity index (χ3v) is 1.82. The minimum absolute atomic E-state index is 0.798. The number of nitrogens with one attached hydrogen (secondary N) is 1. The molecular formula is C11H14N2O. The van der Waals surface area contributed by atoms with Gasteiger partial charge < -0.3 is 10.1 Å². The molecule has 0 spiro atoms. The van der Waals surface area contributed by atoms with Gasteiger partial charge in [-0.05, 0) is 18.9 Å². The SMILES string of the molecule is C=N/C(=C\NC)c1cccc(OC)c1. The van der Waals surface area contributed by atoms with Crippen LogP contribution in [0.1, 0.15) is 5.56 Å². The number of ether oxygens (including phenoxy) is 1. The second-order valence-electron chi connectivity index (χ2n) is 2.71. The molecule has 0 aromatic heterocycles. The van der Waals surface area contributed by atoms with E-state index in [-0.39, 0.29) is 0 Å². The van der Waals surface area contributed by atoms with Crippen LogP contribution in [0.3, 0.4) is 0 Å². The van der Waals surface area contributed by atoms with E-state index in [1.54, 1.807) is 13.3 Å². The van der Waals surface area contributed by atoms with Crippen molar-refractivity contribution in [2.75, 3.05) is 14.2 Å². The molecule has 3 nitrogen and oxygen atoms in total. The molecule has 0 amide bonds. The van der Waals surface area contributed by atoms with Gasteiger partial charge >= 0.3 is 0 Å². The first-order valence-electron chi connectivity index (χ1n) is 4.30. The predicted octanol–water partition coefficient (Wildman–Crippen LogP) is 1.91. The van der Waals surface area contributed by atoms with Crippen LogP contribution in [0.25, 0.3) is 5.70 Å².